The van der Waals surface area contributed by atoms with Gasteiger partial charge in [0.2, 0.25) is 0 Å². The van der Waals surface area contributed by atoms with E-state index in [0.29, 0.717) is 11.1 Å². The summed E-state index contributed by atoms with van der Waals surface area (Å²) in [5.74, 6) is -0.351. The highest BCUT2D eigenvalue weighted by molar-refractivity contribution is 5.91. The van der Waals surface area contributed by atoms with Crippen LogP contribution in [0.5, 0.6) is 0 Å². The molecule has 2 heteroatoms. The Morgan fingerprint density at radius 3 is 2.58 bits per heavy atom. The van der Waals surface area contributed by atoms with Crippen molar-refractivity contribution in [2.75, 3.05) is 0 Å². The molecule has 0 aliphatic heterocycles. The van der Waals surface area contributed by atoms with Crippen LogP contribution in [-0.2, 0) is 0 Å². The summed E-state index contributed by atoms with van der Waals surface area (Å²) < 4.78 is 12.9. The Balaban J connectivity index is 2.17. The van der Waals surface area contributed by atoms with E-state index < -0.39 is 0 Å². The number of hydrogen-bond acceptors (Lipinski definition) is 1. The van der Waals surface area contributed by atoms with Gasteiger partial charge >= 0.3 is 0 Å². The Bertz CT molecular complexity index is 782. The zero-order valence-corrected chi connectivity index (χ0v) is 9.94. The van der Waals surface area contributed by atoms with E-state index in [9.17, 15) is 4.39 Å². The average Bonchev–Trinajstić information content (AvgIpc) is 2.47. The smallest absolute Gasteiger partial charge is 0.124 e. The molecule has 0 aliphatic carbocycles. The highest BCUT2D eigenvalue weighted by atomic mass is 19.1. The average molecular weight is 245 g/mol. The molecule has 0 saturated heterocycles. The van der Waals surface area contributed by atoms with Crippen molar-refractivity contribution in [2.45, 2.75) is 0 Å². The van der Waals surface area contributed by atoms with Crippen molar-refractivity contribution in [2.24, 2.45) is 0 Å². The van der Waals surface area contributed by atoms with Gasteiger partial charge in [0.15, 0.2) is 0 Å². The molecule has 0 amide bonds. The monoisotopic (exact) mass is 245 g/mol. The quantitative estimate of drug-likeness (QED) is 0.632. The fourth-order valence-corrected chi connectivity index (χ4v) is 2.07. The molecule has 0 unspecified atom stereocenters. The van der Waals surface area contributed by atoms with E-state index in [-0.39, 0.29) is 5.82 Å². The van der Waals surface area contributed by atoms with E-state index >= 15 is 0 Å². The predicted octanol–water partition coefficient (Wildman–Crippen LogP) is 4.12. The Morgan fingerprint density at radius 1 is 1.05 bits per heavy atom. The van der Waals surface area contributed by atoms with Gasteiger partial charge in [0, 0.05) is 0 Å². The van der Waals surface area contributed by atoms with E-state index in [2.05, 4.69) is 18.2 Å². The van der Waals surface area contributed by atoms with Crippen molar-refractivity contribution < 1.29 is 4.39 Å². The molecule has 0 atom stereocenters. The van der Waals surface area contributed by atoms with Crippen LogP contribution in [0.1, 0.15) is 5.56 Å². The number of rotatable bonds is 1. The number of benzene rings is 3. The van der Waals surface area contributed by atoms with Gasteiger partial charge in [0.1, 0.15) is 5.82 Å². The van der Waals surface area contributed by atoms with E-state index in [1.165, 1.54) is 12.1 Å². The van der Waals surface area contributed by atoms with Crippen molar-refractivity contribution in [1.29, 1.82) is 5.26 Å². The molecule has 19 heavy (non-hydrogen) atoms. The minimum Gasteiger partial charge on any atom is -0.207 e. The first-order valence-electron chi connectivity index (χ1n) is 5.80. The molecule has 3 rings (SSSR count). The van der Waals surface area contributed by atoms with Gasteiger partial charge in [-0.3, -0.25) is 0 Å². The van der Waals surface area contributed by atoms with Gasteiger partial charge in [0.05, 0.1) is 11.6 Å². The van der Waals surface area contributed by atoms with E-state index in [1.807, 2.05) is 30.3 Å². The summed E-state index contributed by atoms with van der Waals surface area (Å²) in [6, 6.07) is 21.8. The summed E-state index contributed by atoms with van der Waals surface area (Å²) in [5.41, 5.74) is 2.27. The maximum absolute atomic E-state index is 12.9. The van der Waals surface area contributed by atoms with Gasteiger partial charge < -0.3 is 0 Å². The Labute approximate surface area is 110 Å². The minimum atomic E-state index is -0.351. The third-order valence-electron chi connectivity index (χ3n) is 3.00. The van der Waals surface area contributed by atoms with Crippen molar-refractivity contribution in [3.8, 4) is 17.2 Å². The second-order valence-corrected chi connectivity index (χ2v) is 4.19. The van der Waals surface area contributed by atoms with Gasteiger partial charge in [0.25, 0.3) is 0 Å². The van der Waals surface area contributed by atoms with E-state index in [4.69, 9.17) is 5.26 Å². The predicted molar refractivity (Wildman–Crippen MR) is 71.7 cm³/mol. The fourth-order valence-electron chi connectivity index (χ4n) is 2.07. The Kier molecular flexibility index (Phi) is 2.74. The molecular weight excluding hydrogens is 237 g/mol. The molecule has 1 nitrogen and oxygen atoms in total. The number of hydrogen-bond donors (Lipinski definition) is 0. The zero-order valence-electron chi connectivity index (χ0n) is 9.94. The first-order valence-corrected chi connectivity index (χ1v) is 5.80. The summed E-state index contributed by atoms with van der Waals surface area (Å²) in [4.78, 5) is 0. The maximum atomic E-state index is 12.9. The summed E-state index contributed by atoms with van der Waals surface area (Å²) in [6.45, 7) is 0. The third kappa shape index (κ3) is 2.07. The van der Waals surface area contributed by atoms with Crippen LogP contribution in [0.4, 0.5) is 4.39 Å². The van der Waals surface area contributed by atoms with Crippen LogP contribution in [0, 0.1) is 29.3 Å². The number of halogens is 1. The van der Waals surface area contributed by atoms with Crippen molar-refractivity contribution in [3.05, 3.63) is 72.0 Å². The molecule has 0 aromatic heterocycles. The lowest BCUT2D eigenvalue weighted by atomic mass is 9.99. The molecule has 0 bridgehead atoms. The standard InChI is InChI=1S/C17H8FN/c18-16-7-4-12(5-8-16)13-6-9-17-14(10-13)2-1-3-15(17)11-19/h1-3,6-10H. The van der Waals surface area contributed by atoms with Crippen LogP contribution >= 0.6 is 0 Å². The van der Waals surface area contributed by atoms with Gasteiger partial charge in [-0.05, 0) is 58.3 Å². The van der Waals surface area contributed by atoms with Crippen LogP contribution in [-0.4, -0.2) is 0 Å². The largest absolute Gasteiger partial charge is 0.207 e. The molecule has 0 spiro atoms. The summed E-state index contributed by atoms with van der Waals surface area (Å²) in [5, 5.41) is 10.9. The van der Waals surface area contributed by atoms with Crippen LogP contribution in [0.25, 0.3) is 21.9 Å². The summed E-state index contributed by atoms with van der Waals surface area (Å²) in [6.07, 6.45) is 0. The Hall–Kier alpha value is -2.66. The summed E-state index contributed by atoms with van der Waals surface area (Å²) >= 11 is 0. The SMILES string of the molecule is N#Cc1cccc2cc(-c3[c]cc(F)c[c]3)ccc12. The highest BCUT2D eigenvalue weighted by Gasteiger charge is 2.03. The molecule has 3 aromatic rings. The van der Waals surface area contributed by atoms with Gasteiger partial charge in [-0.2, -0.15) is 5.26 Å². The Morgan fingerprint density at radius 2 is 1.84 bits per heavy atom. The molecule has 0 aliphatic rings. The van der Waals surface area contributed by atoms with Crippen LogP contribution in [0.15, 0.2) is 48.5 Å². The van der Waals surface area contributed by atoms with Gasteiger partial charge in [-0.15, -0.1) is 0 Å². The van der Waals surface area contributed by atoms with E-state index in [1.54, 1.807) is 6.07 Å². The number of nitrogens with zero attached hydrogens (tertiary/aromatic N) is 1. The van der Waals surface area contributed by atoms with Crippen LogP contribution < -0.4 is 0 Å². The molecule has 2 radical (unpaired) electrons. The highest BCUT2D eigenvalue weighted by Crippen LogP contribution is 2.25. The first-order chi connectivity index (χ1) is 9.28. The van der Waals surface area contributed by atoms with Gasteiger partial charge in [-0.25, -0.2) is 4.39 Å². The molecular formula is C17H8FN. The van der Waals surface area contributed by atoms with Gasteiger partial charge in [-0.1, -0.05) is 24.3 Å². The van der Waals surface area contributed by atoms with Crippen molar-refractivity contribution in [3.63, 3.8) is 0 Å². The van der Waals surface area contributed by atoms with Crippen molar-refractivity contribution in [1.82, 2.24) is 0 Å². The maximum Gasteiger partial charge on any atom is 0.124 e. The zero-order chi connectivity index (χ0) is 13.2. The minimum absolute atomic E-state index is 0.351. The number of nitriles is 1. The molecule has 0 N–H and O–H groups in total. The topological polar surface area (TPSA) is 23.8 Å². The lowest BCUT2D eigenvalue weighted by Crippen LogP contribution is -1.83. The van der Waals surface area contributed by atoms with Crippen LogP contribution in [0.2, 0.25) is 0 Å². The first kappa shape index (κ1) is 11.4. The molecule has 88 valence electrons. The molecule has 0 saturated carbocycles. The van der Waals surface area contributed by atoms with E-state index in [0.717, 1.165) is 16.3 Å². The van der Waals surface area contributed by atoms with Crippen LogP contribution in [0.3, 0.4) is 0 Å². The number of fused-ring (bicyclic) bond motifs is 1. The second-order valence-electron chi connectivity index (χ2n) is 4.19. The lowest BCUT2D eigenvalue weighted by Gasteiger charge is -2.04. The lowest BCUT2D eigenvalue weighted by molar-refractivity contribution is 0.627. The fraction of sp³-hybridized carbons (Fsp3) is 0. The van der Waals surface area contributed by atoms with Crippen molar-refractivity contribution >= 4 is 10.8 Å². The second kappa shape index (κ2) is 4.55. The molecule has 0 heterocycles. The molecule has 3 aromatic carbocycles. The third-order valence-corrected chi connectivity index (χ3v) is 3.00. The normalized spacial score (nSPS) is 10.3. The summed E-state index contributed by atoms with van der Waals surface area (Å²) in [7, 11) is 0. The molecule has 0 fully saturated rings.